The van der Waals surface area contributed by atoms with Crippen LogP contribution >= 0.6 is 11.3 Å². The summed E-state index contributed by atoms with van der Waals surface area (Å²) in [6.07, 6.45) is 0.136. The third-order valence-corrected chi connectivity index (χ3v) is 3.95. The molecule has 1 aromatic heterocycles. The highest BCUT2D eigenvalue weighted by atomic mass is 32.1. The Bertz CT molecular complexity index is 630. The molecule has 22 heavy (non-hydrogen) atoms. The summed E-state index contributed by atoms with van der Waals surface area (Å²) in [5.74, 6) is -1.90. The van der Waals surface area contributed by atoms with Crippen molar-refractivity contribution < 1.29 is 24.2 Å². The number of thiophene rings is 1. The Hall–Kier alpha value is -2.40. The van der Waals surface area contributed by atoms with Crippen molar-refractivity contribution in [1.82, 2.24) is 0 Å². The van der Waals surface area contributed by atoms with Gasteiger partial charge in [-0.2, -0.15) is 5.26 Å². The third kappa shape index (κ3) is 4.56. The largest absolute Gasteiger partial charge is 0.481 e. The molecule has 118 valence electrons. The van der Waals surface area contributed by atoms with Gasteiger partial charge in [0, 0.05) is 12.8 Å². The molecular formula is C14H16N2O5S. The normalized spacial score (nSPS) is 9.86. The zero-order valence-electron chi connectivity index (χ0n) is 12.3. The van der Waals surface area contributed by atoms with Crippen molar-refractivity contribution in [2.45, 2.75) is 33.1 Å². The number of anilines is 1. The molecule has 1 rings (SSSR count). The maximum atomic E-state index is 11.8. The number of hydrogen-bond donors (Lipinski definition) is 2. The van der Waals surface area contributed by atoms with Crippen molar-refractivity contribution >= 4 is 34.2 Å². The second-order valence-corrected chi connectivity index (χ2v) is 5.41. The number of carboxylic acids is 1. The van der Waals surface area contributed by atoms with Gasteiger partial charge < -0.3 is 15.2 Å². The fraction of sp³-hybridized carbons (Fsp3) is 0.429. The van der Waals surface area contributed by atoms with E-state index in [0.717, 1.165) is 11.3 Å². The summed E-state index contributed by atoms with van der Waals surface area (Å²) in [6, 6.07) is 1.95. The molecule has 0 aliphatic carbocycles. The highest BCUT2D eigenvalue weighted by Crippen LogP contribution is 2.33. The Morgan fingerprint density at radius 2 is 2.05 bits per heavy atom. The van der Waals surface area contributed by atoms with Crippen molar-refractivity contribution in [3.8, 4) is 6.07 Å². The molecule has 0 aromatic carbocycles. The number of nitriles is 1. The number of nitrogens with zero attached hydrogens (tertiary/aromatic N) is 1. The number of amides is 1. The quantitative estimate of drug-likeness (QED) is 0.743. The molecule has 0 saturated heterocycles. The molecule has 0 unspecified atom stereocenters. The summed E-state index contributed by atoms with van der Waals surface area (Å²) in [4.78, 5) is 34.2. The maximum Gasteiger partial charge on any atom is 0.348 e. The highest BCUT2D eigenvalue weighted by Gasteiger charge is 2.22. The fourth-order valence-corrected chi connectivity index (χ4v) is 2.78. The van der Waals surface area contributed by atoms with E-state index in [1.54, 1.807) is 13.8 Å². The first kappa shape index (κ1) is 17.7. The average molecular weight is 324 g/mol. The molecule has 0 fully saturated rings. The van der Waals surface area contributed by atoms with Crippen molar-refractivity contribution in [2.75, 3.05) is 11.9 Å². The van der Waals surface area contributed by atoms with Crippen LogP contribution in [0.1, 0.15) is 47.0 Å². The van der Waals surface area contributed by atoms with Gasteiger partial charge in [-0.05, 0) is 25.8 Å². The van der Waals surface area contributed by atoms with E-state index in [1.165, 1.54) is 0 Å². The predicted molar refractivity (Wildman–Crippen MR) is 79.8 cm³/mol. The first-order chi connectivity index (χ1) is 10.4. The molecule has 0 radical (unpaired) electrons. The molecule has 1 aromatic rings. The molecule has 2 N–H and O–H groups in total. The molecule has 0 aliphatic rings. The van der Waals surface area contributed by atoms with E-state index in [2.05, 4.69) is 5.32 Å². The lowest BCUT2D eigenvalue weighted by molar-refractivity contribution is -0.137. The van der Waals surface area contributed by atoms with Crippen LogP contribution in [0.4, 0.5) is 5.00 Å². The van der Waals surface area contributed by atoms with Gasteiger partial charge in [0.15, 0.2) is 0 Å². The second kappa shape index (κ2) is 8.14. The van der Waals surface area contributed by atoms with Gasteiger partial charge in [0.2, 0.25) is 5.91 Å². The molecule has 0 spiro atoms. The average Bonchev–Trinajstić information content (AvgIpc) is 2.74. The van der Waals surface area contributed by atoms with E-state index in [0.29, 0.717) is 5.56 Å². The number of carbonyl (C=O) groups excluding carboxylic acids is 2. The Morgan fingerprint density at radius 1 is 1.36 bits per heavy atom. The minimum Gasteiger partial charge on any atom is -0.481 e. The Kier molecular flexibility index (Phi) is 6.53. The zero-order chi connectivity index (χ0) is 16.7. The number of carboxylic acid groups (broad SMARTS) is 1. The Morgan fingerprint density at radius 3 is 2.59 bits per heavy atom. The van der Waals surface area contributed by atoms with Crippen LogP contribution in [0.3, 0.4) is 0 Å². The van der Waals surface area contributed by atoms with Gasteiger partial charge in [-0.3, -0.25) is 9.59 Å². The van der Waals surface area contributed by atoms with Crippen LogP contribution in [0.15, 0.2) is 0 Å². The number of esters is 1. The number of hydrogen-bond acceptors (Lipinski definition) is 6. The van der Waals surface area contributed by atoms with Gasteiger partial charge in [0.05, 0.1) is 12.2 Å². The molecule has 0 bridgehead atoms. The zero-order valence-corrected chi connectivity index (χ0v) is 13.1. The van der Waals surface area contributed by atoms with E-state index in [9.17, 15) is 14.4 Å². The molecule has 1 heterocycles. The molecule has 0 saturated carbocycles. The van der Waals surface area contributed by atoms with Gasteiger partial charge >= 0.3 is 11.9 Å². The number of rotatable bonds is 7. The van der Waals surface area contributed by atoms with Crippen LogP contribution in [-0.2, 0) is 14.3 Å². The molecule has 7 nitrogen and oxygen atoms in total. The Balaban J connectivity index is 2.84. The molecule has 0 atom stereocenters. The van der Waals surface area contributed by atoms with Crippen LogP contribution in [0.25, 0.3) is 0 Å². The van der Waals surface area contributed by atoms with Gasteiger partial charge in [0.1, 0.15) is 15.9 Å². The summed E-state index contributed by atoms with van der Waals surface area (Å²) in [5, 5.41) is 20.5. The lowest BCUT2D eigenvalue weighted by Gasteiger charge is -2.02. The smallest absolute Gasteiger partial charge is 0.348 e. The first-order valence-electron chi connectivity index (χ1n) is 6.62. The first-order valence-corrected chi connectivity index (χ1v) is 7.44. The summed E-state index contributed by atoms with van der Waals surface area (Å²) < 4.78 is 4.90. The summed E-state index contributed by atoms with van der Waals surface area (Å²) in [7, 11) is 0. The summed E-state index contributed by atoms with van der Waals surface area (Å²) in [5.41, 5.74) is 0.687. The van der Waals surface area contributed by atoms with E-state index in [4.69, 9.17) is 15.1 Å². The van der Waals surface area contributed by atoms with Gasteiger partial charge in [-0.25, -0.2) is 4.79 Å². The number of aliphatic carboxylic acids is 1. The predicted octanol–water partition coefficient (Wildman–Crippen LogP) is 2.30. The van der Waals surface area contributed by atoms with Crippen molar-refractivity contribution in [3.05, 3.63) is 16.0 Å². The molecule has 8 heteroatoms. The van der Waals surface area contributed by atoms with Crippen LogP contribution < -0.4 is 5.32 Å². The van der Waals surface area contributed by atoms with Crippen LogP contribution in [0.5, 0.6) is 0 Å². The second-order valence-electron chi connectivity index (χ2n) is 4.39. The monoisotopic (exact) mass is 324 g/mol. The third-order valence-electron chi connectivity index (χ3n) is 2.77. The maximum absolute atomic E-state index is 11.8. The SMILES string of the molecule is CCOC(=O)c1sc(NC(=O)CCCC(=O)O)c(C#N)c1C. The van der Waals surface area contributed by atoms with Crippen molar-refractivity contribution in [1.29, 1.82) is 5.26 Å². The van der Waals surface area contributed by atoms with E-state index in [-0.39, 0.29) is 41.3 Å². The van der Waals surface area contributed by atoms with E-state index in [1.807, 2.05) is 6.07 Å². The lowest BCUT2D eigenvalue weighted by atomic mass is 10.1. The standard InChI is InChI=1S/C14H16N2O5S/c1-3-21-14(20)12-8(2)9(7-15)13(22-12)16-10(17)5-4-6-11(18)19/h3-6H2,1-2H3,(H,16,17)(H,18,19). The van der Waals surface area contributed by atoms with Crippen LogP contribution in [0.2, 0.25) is 0 Å². The van der Waals surface area contributed by atoms with Gasteiger partial charge in [0.25, 0.3) is 0 Å². The van der Waals surface area contributed by atoms with Crippen molar-refractivity contribution in [2.24, 2.45) is 0 Å². The van der Waals surface area contributed by atoms with E-state index < -0.39 is 17.8 Å². The highest BCUT2D eigenvalue weighted by molar-refractivity contribution is 7.18. The van der Waals surface area contributed by atoms with Gasteiger partial charge in [-0.15, -0.1) is 11.3 Å². The van der Waals surface area contributed by atoms with Gasteiger partial charge in [-0.1, -0.05) is 0 Å². The molecule has 0 aliphatic heterocycles. The van der Waals surface area contributed by atoms with Crippen LogP contribution in [0, 0.1) is 18.3 Å². The minimum atomic E-state index is -0.970. The summed E-state index contributed by atoms with van der Waals surface area (Å²) >= 11 is 0.982. The number of carbonyl (C=O) groups is 3. The Labute approximate surface area is 131 Å². The molecular weight excluding hydrogens is 308 g/mol. The molecule has 1 amide bonds. The van der Waals surface area contributed by atoms with E-state index >= 15 is 0 Å². The lowest BCUT2D eigenvalue weighted by Crippen LogP contribution is -2.11. The fourth-order valence-electron chi connectivity index (χ4n) is 1.72. The topological polar surface area (TPSA) is 116 Å². The number of ether oxygens (including phenoxy) is 1. The van der Waals surface area contributed by atoms with Crippen LogP contribution in [-0.4, -0.2) is 29.6 Å². The number of nitrogens with one attached hydrogen (secondary N) is 1. The van der Waals surface area contributed by atoms with Crippen molar-refractivity contribution in [3.63, 3.8) is 0 Å². The minimum absolute atomic E-state index is 0.0306. The summed E-state index contributed by atoms with van der Waals surface area (Å²) in [6.45, 7) is 3.51.